The summed E-state index contributed by atoms with van der Waals surface area (Å²) in [6.45, 7) is 0. The molecule has 0 radical (unpaired) electrons. The quantitative estimate of drug-likeness (QED) is 0.584. The Bertz CT molecular complexity index is 469. The predicted octanol–water partition coefficient (Wildman–Crippen LogP) is 4.52. The van der Waals surface area contributed by atoms with Crippen LogP contribution in [-0.4, -0.2) is 12.0 Å². The standard InChI is InChI=1S/C16H18ClFO/c17-9-5-4-6-13-10-14(18)12-16(11-13)19-15-7-2-1-3-8-15/h10-12,15H,1-3,5,7-9H2. The van der Waals surface area contributed by atoms with E-state index in [0.717, 1.165) is 12.8 Å². The molecule has 19 heavy (non-hydrogen) atoms. The molecule has 0 spiro atoms. The third kappa shape index (κ3) is 4.76. The van der Waals surface area contributed by atoms with Gasteiger partial charge in [0.1, 0.15) is 11.6 Å². The van der Waals surface area contributed by atoms with Crippen molar-refractivity contribution < 1.29 is 9.13 Å². The van der Waals surface area contributed by atoms with Crippen molar-refractivity contribution in [3.8, 4) is 17.6 Å². The van der Waals surface area contributed by atoms with Crippen molar-refractivity contribution in [3.63, 3.8) is 0 Å². The first-order chi connectivity index (χ1) is 9.28. The van der Waals surface area contributed by atoms with Crippen molar-refractivity contribution in [3.05, 3.63) is 29.6 Å². The summed E-state index contributed by atoms with van der Waals surface area (Å²) in [7, 11) is 0. The summed E-state index contributed by atoms with van der Waals surface area (Å²) in [5, 5.41) is 0. The minimum absolute atomic E-state index is 0.221. The maximum atomic E-state index is 13.5. The first-order valence-electron chi connectivity index (χ1n) is 6.80. The van der Waals surface area contributed by atoms with Crippen LogP contribution in [0.5, 0.6) is 5.75 Å². The van der Waals surface area contributed by atoms with Gasteiger partial charge in [-0.2, -0.15) is 0 Å². The Kier molecular flexibility index (Phi) is 5.54. The van der Waals surface area contributed by atoms with Gasteiger partial charge in [0.15, 0.2) is 0 Å². The molecule has 102 valence electrons. The van der Waals surface area contributed by atoms with Crippen LogP contribution < -0.4 is 4.74 Å². The Morgan fingerprint density at radius 3 is 2.74 bits per heavy atom. The molecule has 0 aliphatic heterocycles. The van der Waals surface area contributed by atoms with E-state index in [-0.39, 0.29) is 11.9 Å². The number of hydrogen-bond acceptors (Lipinski definition) is 1. The summed E-state index contributed by atoms with van der Waals surface area (Å²) >= 11 is 5.56. The molecular formula is C16H18ClFO. The van der Waals surface area contributed by atoms with E-state index in [4.69, 9.17) is 16.3 Å². The highest BCUT2D eigenvalue weighted by atomic mass is 35.5. The molecule has 0 unspecified atom stereocenters. The fourth-order valence-electron chi connectivity index (χ4n) is 2.29. The van der Waals surface area contributed by atoms with Crippen LogP contribution in [0.1, 0.15) is 44.1 Å². The molecule has 1 saturated carbocycles. The lowest BCUT2D eigenvalue weighted by Crippen LogP contribution is -2.19. The van der Waals surface area contributed by atoms with Gasteiger partial charge in [-0.1, -0.05) is 18.3 Å². The average Bonchev–Trinajstić information content (AvgIpc) is 2.39. The zero-order chi connectivity index (χ0) is 13.5. The van der Waals surface area contributed by atoms with Crippen molar-refractivity contribution in [2.75, 3.05) is 5.88 Å². The zero-order valence-corrected chi connectivity index (χ0v) is 11.7. The van der Waals surface area contributed by atoms with E-state index < -0.39 is 0 Å². The van der Waals surface area contributed by atoms with Gasteiger partial charge >= 0.3 is 0 Å². The van der Waals surface area contributed by atoms with Gasteiger partial charge in [-0.05, 0) is 37.8 Å². The molecular weight excluding hydrogens is 263 g/mol. The van der Waals surface area contributed by atoms with Gasteiger partial charge in [0, 0.05) is 23.9 Å². The Morgan fingerprint density at radius 2 is 2.00 bits per heavy atom. The van der Waals surface area contributed by atoms with Gasteiger partial charge in [-0.25, -0.2) is 4.39 Å². The topological polar surface area (TPSA) is 9.23 Å². The lowest BCUT2D eigenvalue weighted by molar-refractivity contribution is 0.154. The monoisotopic (exact) mass is 280 g/mol. The molecule has 0 aromatic heterocycles. The maximum Gasteiger partial charge on any atom is 0.128 e. The molecule has 0 N–H and O–H groups in total. The highest BCUT2D eigenvalue weighted by Crippen LogP contribution is 2.24. The van der Waals surface area contributed by atoms with Crippen LogP contribution in [0.2, 0.25) is 0 Å². The van der Waals surface area contributed by atoms with Gasteiger partial charge in [0.2, 0.25) is 0 Å². The second-order valence-electron chi connectivity index (χ2n) is 4.79. The van der Waals surface area contributed by atoms with Gasteiger partial charge in [0.05, 0.1) is 6.10 Å². The highest BCUT2D eigenvalue weighted by Gasteiger charge is 2.15. The van der Waals surface area contributed by atoms with E-state index in [1.165, 1.54) is 31.4 Å². The minimum atomic E-state index is -0.302. The Hall–Kier alpha value is -1.20. The highest BCUT2D eigenvalue weighted by molar-refractivity contribution is 6.18. The smallest absolute Gasteiger partial charge is 0.128 e. The molecule has 0 saturated heterocycles. The van der Waals surface area contributed by atoms with Crippen molar-refractivity contribution in [1.82, 2.24) is 0 Å². The molecule has 1 fully saturated rings. The van der Waals surface area contributed by atoms with Crippen LogP contribution in [-0.2, 0) is 0 Å². The Balaban J connectivity index is 2.05. The van der Waals surface area contributed by atoms with Crippen LogP contribution >= 0.6 is 11.6 Å². The SMILES string of the molecule is Fc1cc(C#CCCCl)cc(OC2CCCCC2)c1. The number of rotatable bonds is 3. The number of ether oxygens (including phenoxy) is 1. The summed E-state index contributed by atoms with van der Waals surface area (Å²) < 4.78 is 19.4. The molecule has 2 rings (SSSR count). The molecule has 1 aliphatic carbocycles. The molecule has 1 aromatic carbocycles. The average molecular weight is 281 g/mol. The van der Waals surface area contributed by atoms with Gasteiger partial charge in [0.25, 0.3) is 0 Å². The third-order valence-corrected chi connectivity index (χ3v) is 3.37. The largest absolute Gasteiger partial charge is 0.490 e. The molecule has 1 aliphatic rings. The number of benzene rings is 1. The van der Waals surface area contributed by atoms with Gasteiger partial charge in [-0.3, -0.25) is 0 Å². The molecule has 0 bridgehead atoms. The molecule has 1 nitrogen and oxygen atoms in total. The van der Waals surface area contributed by atoms with Crippen LogP contribution in [0.3, 0.4) is 0 Å². The third-order valence-electron chi connectivity index (χ3n) is 3.18. The van der Waals surface area contributed by atoms with E-state index in [1.54, 1.807) is 6.07 Å². The fraction of sp³-hybridized carbons (Fsp3) is 0.500. The second kappa shape index (κ2) is 7.40. The van der Waals surface area contributed by atoms with Crippen LogP contribution in [0, 0.1) is 17.7 Å². The van der Waals surface area contributed by atoms with Crippen molar-refractivity contribution >= 4 is 11.6 Å². The van der Waals surface area contributed by atoms with Crippen molar-refractivity contribution in [2.45, 2.75) is 44.6 Å². The molecule has 0 heterocycles. The summed E-state index contributed by atoms with van der Waals surface area (Å²) in [5.41, 5.74) is 0.649. The Morgan fingerprint density at radius 1 is 1.21 bits per heavy atom. The first-order valence-corrected chi connectivity index (χ1v) is 7.33. The number of hydrogen-bond donors (Lipinski definition) is 0. The summed E-state index contributed by atoms with van der Waals surface area (Å²) in [6, 6.07) is 4.66. The summed E-state index contributed by atoms with van der Waals surface area (Å²) in [4.78, 5) is 0. The van der Waals surface area contributed by atoms with Crippen LogP contribution in [0.4, 0.5) is 4.39 Å². The fourth-order valence-corrected chi connectivity index (χ4v) is 2.38. The molecule has 1 aromatic rings. The first kappa shape index (κ1) is 14.2. The lowest BCUT2D eigenvalue weighted by atomic mass is 9.98. The number of halogens is 2. The minimum Gasteiger partial charge on any atom is -0.490 e. The molecule has 0 amide bonds. The van der Waals surface area contributed by atoms with E-state index in [9.17, 15) is 4.39 Å². The van der Waals surface area contributed by atoms with Crippen molar-refractivity contribution in [1.29, 1.82) is 0 Å². The van der Waals surface area contributed by atoms with E-state index in [1.807, 2.05) is 0 Å². The van der Waals surface area contributed by atoms with E-state index >= 15 is 0 Å². The van der Waals surface area contributed by atoms with Crippen LogP contribution in [0.25, 0.3) is 0 Å². The molecule has 3 heteroatoms. The Labute approximate surface area is 119 Å². The zero-order valence-electron chi connectivity index (χ0n) is 10.9. The van der Waals surface area contributed by atoms with Crippen LogP contribution in [0.15, 0.2) is 18.2 Å². The maximum absolute atomic E-state index is 13.5. The normalized spacial score (nSPS) is 15.7. The van der Waals surface area contributed by atoms with E-state index in [2.05, 4.69) is 11.8 Å². The predicted molar refractivity (Wildman–Crippen MR) is 76.1 cm³/mol. The van der Waals surface area contributed by atoms with Crippen molar-refractivity contribution in [2.24, 2.45) is 0 Å². The molecule has 0 atom stereocenters. The number of alkyl halides is 1. The lowest BCUT2D eigenvalue weighted by Gasteiger charge is -2.23. The van der Waals surface area contributed by atoms with Gasteiger partial charge < -0.3 is 4.74 Å². The van der Waals surface area contributed by atoms with Gasteiger partial charge in [-0.15, -0.1) is 11.6 Å². The van der Waals surface area contributed by atoms with E-state index in [0.29, 0.717) is 23.6 Å². The second-order valence-corrected chi connectivity index (χ2v) is 5.17. The summed E-state index contributed by atoms with van der Waals surface area (Å²) in [6.07, 6.45) is 6.62. The summed E-state index contributed by atoms with van der Waals surface area (Å²) in [5.74, 6) is 6.59.